The Bertz CT molecular complexity index is 492. The Morgan fingerprint density at radius 2 is 1.81 bits per heavy atom. The molecule has 1 aromatic carbocycles. The molecule has 2 heterocycles. The maximum atomic E-state index is 12.5. The molecular weight excluding hydrogens is 284 g/mol. The first-order valence-corrected chi connectivity index (χ1v) is 7.85. The monoisotopic (exact) mass is 308 g/mol. The van der Waals surface area contributed by atoms with Crippen LogP contribution in [-0.2, 0) is 0 Å². The lowest BCUT2D eigenvalue weighted by Crippen LogP contribution is -2.28. The molecule has 0 aromatic heterocycles. The lowest BCUT2D eigenvalue weighted by Gasteiger charge is -2.24. The SMILES string of the molecule is Cc1cc(C(=O)N2CCCC2)cc(C2CCNCC2)c1.Cl. The Morgan fingerprint density at radius 3 is 2.48 bits per heavy atom. The van der Waals surface area contributed by atoms with E-state index in [0.717, 1.165) is 44.6 Å². The van der Waals surface area contributed by atoms with Crippen LogP contribution in [0.15, 0.2) is 18.2 Å². The average molecular weight is 309 g/mol. The third-order valence-electron chi connectivity index (χ3n) is 4.55. The fraction of sp³-hybridized carbons (Fsp3) is 0.588. The Hall–Kier alpha value is -1.06. The second-order valence-electron chi connectivity index (χ2n) is 6.16. The van der Waals surface area contributed by atoms with Gasteiger partial charge in [0.1, 0.15) is 0 Å². The second kappa shape index (κ2) is 7.28. The van der Waals surface area contributed by atoms with Crippen LogP contribution in [0.4, 0.5) is 0 Å². The standard InChI is InChI=1S/C17H24N2O.ClH/c1-13-10-15(14-4-6-18-7-5-14)12-16(11-13)17(20)19-8-2-3-9-19;/h10-12,14,18H,2-9H2,1H3;1H. The number of carbonyl (C=O) groups excluding carboxylic acids is 1. The number of benzene rings is 1. The van der Waals surface area contributed by atoms with Crippen LogP contribution < -0.4 is 5.32 Å². The van der Waals surface area contributed by atoms with Gasteiger partial charge in [0, 0.05) is 18.7 Å². The molecule has 0 unspecified atom stereocenters. The van der Waals surface area contributed by atoms with Gasteiger partial charge in [0.05, 0.1) is 0 Å². The van der Waals surface area contributed by atoms with Crippen molar-refractivity contribution in [1.82, 2.24) is 10.2 Å². The molecule has 0 radical (unpaired) electrons. The van der Waals surface area contributed by atoms with Crippen LogP contribution in [-0.4, -0.2) is 37.0 Å². The summed E-state index contributed by atoms with van der Waals surface area (Å²) >= 11 is 0. The molecule has 0 spiro atoms. The highest BCUT2D eigenvalue weighted by atomic mass is 35.5. The van der Waals surface area contributed by atoms with Crippen molar-refractivity contribution >= 4 is 18.3 Å². The van der Waals surface area contributed by atoms with E-state index in [0.29, 0.717) is 5.92 Å². The zero-order valence-corrected chi connectivity index (χ0v) is 13.5. The number of hydrogen-bond acceptors (Lipinski definition) is 2. The Morgan fingerprint density at radius 1 is 1.14 bits per heavy atom. The molecule has 2 saturated heterocycles. The first-order valence-electron chi connectivity index (χ1n) is 7.85. The van der Waals surface area contributed by atoms with Gasteiger partial charge >= 0.3 is 0 Å². The molecule has 21 heavy (non-hydrogen) atoms. The van der Waals surface area contributed by atoms with Crippen molar-refractivity contribution in [3.05, 3.63) is 34.9 Å². The fourth-order valence-electron chi connectivity index (χ4n) is 3.43. The molecule has 0 aliphatic carbocycles. The lowest BCUT2D eigenvalue weighted by atomic mass is 9.88. The number of nitrogens with one attached hydrogen (secondary N) is 1. The van der Waals surface area contributed by atoms with E-state index in [1.165, 1.54) is 24.0 Å². The summed E-state index contributed by atoms with van der Waals surface area (Å²) < 4.78 is 0. The van der Waals surface area contributed by atoms with Crippen LogP contribution in [0.2, 0.25) is 0 Å². The number of nitrogens with zero attached hydrogens (tertiary/aromatic N) is 1. The van der Waals surface area contributed by atoms with E-state index in [1.54, 1.807) is 0 Å². The number of likely N-dealkylation sites (tertiary alicyclic amines) is 1. The molecule has 3 nitrogen and oxygen atoms in total. The molecule has 2 aliphatic rings. The van der Waals surface area contributed by atoms with E-state index in [1.807, 2.05) is 11.0 Å². The number of hydrogen-bond donors (Lipinski definition) is 1. The minimum absolute atomic E-state index is 0. The molecule has 1 amide bonds. The van der Waals surface area contributed by atoms with E-state index >= 15 is 0 Å². The third-order valence-corrected chi connectivity index (χ3v) is 4.55. The van der Waals surface area contributed by atoms with Crippen molar-refractivity contribution in [2.24, 2.45) is 0 Å². The van der Waals surface area contributed by atoms with Gasteiger partial charge in [0.25, 0.3) is 5.91 Å². The number of carbonyl (C=O) groups is 1. The number of piperidine rings is 1. The second-order valence-corrected chi connectivity index (χ2v) is 6.16. The first kappa shape index (κ1) is 16.3. The van der Waals surface area contributed by atoms with Crippen molar-refractivity contribution < 1.29 is 4.79 Å². The normalized spacial score (nSPS) is 19.4. The summed E-state index contributed by atoms with van der Waals surface area (Å²) in [5.41, 5.74) is 3.46. The van der Waals surface area contributed by atoms with E-state index in [-0.39, 0.29) is 18.3 Å². The summed E-state index contributed by atoms with van der Waals surface area (Å²) in [5.74, 6) is 0.836. The van der Waals surface area contributed by atoms with Crippen molar-refractivity contribution in [1.29, 1.82) is 0 Å². The van der Waals surface area contributed by atoms with Crippen molar-refractivity contribution in [3.8, 4) is 0 Å². The zero-order chi connectivity index (χ0) is 13.9. The number of rotatable bonds is 2. The highest BCUT2D eigenvalue weighted by Gasteiger charge is 2.22. The van der Waals surface area contributed by atoms with Gasteiger partial charge in [-0.1, -0.05) is 11.6 Å². The molecule has 116 valence electrons. The number of halogens is 1. The fourth-order valence-corrected chi connectivity index (χ4v) is 3.43. The quantitative estimate of drug-likeness (QED) is 0.910. The van der Waals surface area contributed by atoms with Gasteiger partial charge in [-0.25, -0.2) is 0 Å². The number of amides is 1. The third kappa shape index (κ3) is 3.78. The lowest BCUT2D eigenvalue weighted by molar-refractivity contribution is 0.0792. The van der Waals surface area contributed by atoms with Gasteiger partial charge in [-0.2, -0.15) is 0 Å². The van der Waals surface area contributed by atoms with E-state index in [4.69, 9.17) is 0 Å². The molecule has 4 heteroatoms. The van der Waals surface area contributed by atoms with Crippen LogP contribution >= 0.6 is 12.4 Å². The predicted octanol–water partition coefficient (Wildman–Crippen LogP) is 3.12. The largest absolute Gasteiger partial charge is 0.339 e. The maximum Gasteiger partial charge on any atom is 0.253 e. The predicted molar refractivity (Wildman–Crippen MR) is 88.4 cm³/mol. The summed E-state index contributed by atoms with van der Waals surface area (Å²) in [4.78, 5) is 14.5. The molecule has 3 rings (SSSR count). The summed E-state index contributed by atoms with van der Waals surface area (Å²) in [6, 6.07) is 6.45. The van der Waals surface area contributed by atoms with Crippen LogP contribution in [0.5, 0.6) is 0 Å². The van der Waals surface area contributed by atoms with Gasteiger partial charge in [0.15, 0.2) is 0 Å². The summed E-state index contributed by atoms with van der Waals surface area (Å²) in [6.07, 6.45) is 4.67. The van der Waals surface area contributed by atoms with Crippen LogP contribution in [0.1, 0.15) is 53.1 Å². The van der Waals surface area contributed by atoms with Gasteiger partial charge in [-0.05, 0) is 69.3 Å². The summed E-state index contributed by atoms with van der Waals surface area (Å²) in [5, 5.41) is 3.41. The minimum atomic E-state index is 0. The van der Waals surface area contributed by atoms with Gasteiger partial charge in [0.2, 0.25) is 0 Å². The number of aryl methyl sites for hydroxylation is 1. The van der Waals surface area contributed by atoms with Crippen molar-refractivity contribution in [3.63, 3.8) is 0 Å². The molecule has 0 atom stereocenters. The van der Waals surface area contributed by atoms with Gasteiger partial charge < -0.3 is 10.2 Å². The molecule has 0 bridgehead atoms. The molecule has 2 aliphatic heterocycles. The topological polar surface area (TPSA) is 32.3 Å². The molecule has 0 saturated carbocycles. The smallest absolute Gasteiger partial charge is 0.253 e. The van der Waals surface area contributed by atoms with Crippen LogP contribution in [0.3, 0.4) is 0 Å². The van der Waals surface area contributed by atoms with Gasteiger partial charge in [-0.15, -0.1) is 12.4 Å². The highest BCUT2D eigenvalue weighted by Crippen LogP contribution is 2.27. The Balaban J connectivity index is 0.00000161. The zero-order valence-electron chi connectivity index (χ0n) is 12.7. The van der Waals surface area contributed by atoms with E-state index in [2.05, 4.69) is 24.4 Å². The maximum absolute atomic E-state index is 12.5. The highest BCUT2D eigenvalue weighted by molar-refractivity contribution is 5.94. The van der Waals surface area contributed by atoms with Crippen LogP contribution in [0, 0.1) is 6.92 Å². The van der Waals surface area contributed by atoms with E-state index < -0.39 is 0 Å². The Labute approximate surface area is 133 Å². The summed E-state index contributed by atoms with van der Waals surface area (Å²) in [7, 11) is 0. The van der Waals surface area contributed by atoms with Crippen LogP contribution in [0.25, 0.3) is 0 Å². The molecular formula is C17H25ClN2O. The molecule has 1 aromatic rings. The van der Waals surface area contributed by atoms with E-state index in [9.17, 15) is 4.79 Å². The average Bonchev–Trinajstić information content (AvgIpc) is 3.01. The molecule has 1 N–H and O–H groups in total. The van der Waals surface area contributed by atoms with Crippen molar-refractivity contribution in [2.75, 3.05) is 26.2 Å². The molecule has 2 fully saturated rings. The Kier molecular flexibility index (Phi) is 5.65. The minimum Gasteiger partial charge on any atom is -0.339 e. The van der Waals surface area contributed by atoms with Gasteiger partial charge in [-0.3, -0.25) is 4.79 Å². The first-order chi connectivity index (χ1) is 9.74. The summed E-state index contributed by atoms with van der Waals surface area (Å²) in [6.45, 7) is 6.14. The van der Waals surface area contributed by atoms with Crippen molar-refractivity contribution in [2.45, 2.75) is 38.5 Å².